The summed E-state index contributed by atoms with van der Waals surface area (Å²) in [5, 5.41) is -0.787. The largest absolute Gasteiger partial charge is 0.428 e. The quantitative estimate of drug-likeness (QED) is 0.354. The van der Waals surface area contributed by atoms with Crippen molar-refractivity contribution in [3.63, 3.8) is 0 Å². The summed E-state index contributed by atoms with van der Waals surface area (Å²) in [5.41, 5.74) is 0. The molecule has 0 heterocycles. The summed E-state index contributed by atoms with van der Waals surface area (Å²) in [6, 6.07) is 0. The minimum Gasteiger partial charge on any atom is -0.428 e. The Balaban J connectivity index is 4.61. The van der Waals surface area contributed by atoms with Crippen molar-refractivity contribution in [2.45, 2.75) is 59.6 Å². The van der Waals surface area contributed by atoms with Gasteiger partial charge in [-0.3, -0.25) is 19.2 Å². The van der Waals surface area contributed by atoms with E-state index in [9.17, 15) is 24.0 Å². The van der Waals surface area contributed by atoms with Crippen LogP contribution >= 0.6 is 23.5 Å². The van der Waals surface area contributed by atoms with Crippen LogP contribution in [0.2, 0.25) is 0 Å². The molecule has 0 N–H and O–H groups in total. The van der Waals surface area contributed by atoms with E-state index in [0.717, 1.165) is 23.5 Å². The number of hydrogen-bond donors (Lipinski definition) is 0. The minimum atomic E-state index is -0.953. The Labute approximate surface area is 175 Å². The van der Waals surface area contributed by atoms with Crippen LogP contribution in [0.3, 0.4) is 0 Å². The minimum absolute atomic E-state index is 0.0661. The number of carbonyl (C=O) groups is 5. The Hall–Kier alpha value is -1.35. The average molecular weight is 435 g/mol. The second-order valence-corrected chi connectivity index (χ2v) is 10.0. The van der Waals surface area contributed by atoms with Crippen molar-refractivity contribution >= 4 is 51.5 Å². The maximum Gasteiger partial charge on any atom is 0.370 e. The van der Waals surface area contributed by atoms with E-state index in [0.29, 0.717) is 0 Å². The summed E-state index contributed by atoms with van der Waals surface area (Å²) in [5.74, 6) is -2.07. The molecule has 0 fully saturated rings. The van der Waals surface area contributed by atoms with Crippen LogP contribution in [0.15, 0.2) is 0 Å². The topological polar surface area (TPSA) is 104 Å². The van der Waals surface area contributed by atoms with E-state index < -0.39 is 28.7 Å². The van der Waals surface area contributed by atoms with Gasteiger partial charge in [-0.25, -0.2) is 4.79 Å². The highest BCUT2D eigenvalue weighted by Gasteiger charge is 2.34. The van der Waals surface area contributed by atoms with Crippen LogP contribution in [-0.4, -0.2) is 45.2 Å². The molecule has 0 saturated carbocycles. The van der Waals surface area contributed by atoms with Gasteiger partial charge in [0.15, 0.2) is 5.12 Å². The molecule has 9 heteroatoms. The molecule has 0 amide bonds. The third kappa shape index (κ3) is 10.3. The predicted molar refractivity (Wildman–Crippen MR) is 110 cm³/mol. The summed E-state index contributed by atoms with van der Waals surface area (Å²) < 4.78 is 8.57. The predicted octanol–water partition coefficient (Wildman–Crippen LogP) is 3.87. The molecule has 7 nitrogen and oxygen atoms in total. The molecule has 0 unspecified atom stereocenters. The summed E-state index contributed by atoms with van der Waals surface area (Å²) in [7, 11) is 0. The maximum atomic E-state index is 12.6. The van der Waals surface area contributed by atoms with Gasteiger partial charge in [0, 0.05) is 24.0 Å². The Morgan fingerprint density at radius 1 is 0.929 bits per heavy atom. The van der Waals surface area contributed by atoms with Gasteiger partial charge in [0.05, 0.1) is 10.7 Å². The fourth-order valence-electron chi connectivity index (χ4n) is 1.73. The highest BCUT2D eigenvalue weighted by molar-refractivity contribution is 8.15. The van der Waals surface area contributed by atoms with Gasteiger partial charge in [-0.1, -0.05) is 39.5 Å². The lowest BCUT2D eigenvalue weighted by Crippen LogP contribution is -2.33. The number of ether oxygens (including phenoxy) is 2. The van der Waals surface area contributed by atoms with Gasteiger partial charge in [0.25, 0.3) is 0 Å². The number of thioether (sulfide) groups is 2. The van der Waals surface area contributed by atoms with Crippen molar-refractivity contribution in [3.8, 4) is 0 Å². The lowest BCUT2D eigenvalue weighted by Gasteiger charge is -2.24. The van der Waals surface area contributed by atoms with E-state index in [1.165, 1.54) is 6.92 Å². The molecule has 0 aliphatic rings. The Kier molecular flexibility index (Phi) is 11.7. The second kappa shape index (κ2) is 12.3. The number of rotatable bonds is 11. The van der Waals surface area contributed by atoms with Crippen LogP contribution in [0.1, 0.15) is 54.9 Å². The van der Waals surface area contributed by atoms with E-state index in [4.69, 9.17) is 9.47 Å². The number of hydrogen-bond acceptors (Lipinski definition) is 9. The fraction of sp³-hybridized carbons (Fsp3) is 0.737. The van der Waals surface area contributed by atoms with E-state index in [1.807, 2.05) is 0 Å². The summed E-state index contributed by atoms with van der Waals surface area (Å²) in [6.07, 6.45) is -0.0661. The van der Waals surface area contributed by atoms with Crippen LogP contribution in [0, 0.1) is 17.8 Å². The summed E-state index contributed by atoms with van der Waals surface area (Å²) >= 11 is 1.71. The van der Waals surface area contributed by atoms with Gasteiger partial charge in [0.2, 0.25) is 6.79 Å². The fourth-order valence-corrected chi connectivity index (χ4v) is 3.49. The van der Waals surface area contributed by atoms with Crippen molar-refractivity contribution in [2.24, 2.45) is 17.8 Å². The number of ketones is 2. The Morgan fingerprint density at radius 3 is 1.96 bits per heavy atom. The first-order valence-corrected chi connectivity index (χ1v) is 10.8. The van der Waals surface area contributed by atoms with Crippen LogP contribution in [0.5, 0.6) is 0 Å². The van der Waals surface area contributed by atoms with E-state index in [2.05, 4.69) is 0 Å². The van der Waals surface area contributed by atoms with Gasteiger partial charge >= 0.3 is 11.3 Å². The van der Waals surface area contributed by atoms with Gasteiger partial charge in [0.1, 0.15) is 11.6 Å². The standard InChI is InChI=1S/C19H30O7S2/c1-11(2)16(22)25-10-26-18(24)27-9-14(13(5)20)8-15(21)19(6,7)28-17(23)12(3)4/h11-12,14H,8-10H2,1-7H3/t14-/m0/s1. The molecule has 0 bridgehead atoms. The number of esters is 1. The SMILES string of the molecule is CC(=O)[C@H](CSC(=O)OCOC(=O)C(C)C)CC(=O)C(C)(C)SC(=O)C(C)C. The molecule has 0 aliphatic heterocycles. The zero-order chi connectivity index (χ0) is 22.1. The highest BCUT2D eigenvalue weighted by Crippen LogP contribution is 2.31. The van der Waals surface area contributed by atoms with Gasteiger partial charge in [-0.15, -0.1) is 0 Å². The van der Waals surface area contributed by atoms with Gasteiger partial charge in [-0.05, 0) is 32.5 Å². The smallest absolute Gasteiger partial charge is 0.370 e. The van der Waals surface area contributed by atoms with Crippen LogP contribution < -0.4 is 0 Å². The lowest BCUT2D eigenvalue weighted by molar-refractivity contribution is -0.155. The zero-order valence-electron chi connectivity index (χ0n) is 17.5. The molecule has 160 valence electrons. The highest BCUT2D eigenvalue weighted by atomic mass is 32.2. The number of carbonyl (C=O) groups excluding carboxylic acids is 5. The molecule has 0 rings (SSSR count). The zero-order valence-corrected chi connectivity index (χ0v) is 19.2. The second-order valence-electron chi connectivity index (χ2n) is 7.46. The first kappa shape index (κ1) is 26.6. The van der Waals surface area contributed by atoms with Crippen molar-refractivity contribution in [1.29, 1.82) is 0 Å². The van der Waals surface area contributed by atoms with Crippen molar-refractivity contribution in [3.05, 3.63) is 0 Å². The van der Waals surface area contributed by atoms with Crippen LogP contribution in [0.4, 0.5) is 4.79 Å². The van der Waals surface area contributed by atoms with E-state index >= 15 is 0 Å². The molecule has 0 saturated heterocycles. The Bertz CT molecular complexity index is 597. The molecule has 28 heavy (non-hydrogen) atoms. The molecule has 0 radical (unpaired) electrons. The van der Waals surface area contributed by atoms with Gasteiger partial charge < -0.3 is 9.47 Å². The molecular formula is C19H30O7S2. The average Bonchev–Trinajstić information content (AvgIpc) is 2.57. The molecule has 0 aromatic heterocycles. The molecule has 0 spiro atoms. The normalized spacial score (nSPS) is 12.6. The first-order valence-electron chi connectivity index (χ1n) is 9.00. The van der Waals surface area contributed by atoms with E-state index in [1.54, 1.807) is 41.5 Å². The molecule has 0 aromatic carbocycles. The van der Waals surface area contributed by atoms with Crippen molar-refractivity contribution in [1.82, 2.24) is 0 Å². The first-order chi connectivity index (χ1) is 12.8. The third-order valence-electron chi connectivity index (χ3n) is 3.76. The third-order valence-corrected chi connectivity index (χ3v) is 6.09. The van der Waals surface area contributed by atoms with E-state index in [-0.39, 0.29) is 40.7 Å². The van der Waals surface area contributed by atoms with Crippen LogP contribution in [0.25, 0.3) is 0 Å². The lowest BCUT2D eigenvalue weighted by atomic mass is 9.94. The van der Waals surface area contributed by atoms with Crippen molar-refractivity contribution in [2.75, 3.05) is 12.5 Å². The monoisotopic (exact) mass is 434 g/mol. The Morgan fingerprint density at radius 2 is 1.50 bits per heavy atom. The van der Waals surface area contributed by atoms with Crippen LogP contribution in [-0.2, 0) is 28.7 Å². The molecule has 0 aliphatic carbocycles. The summed E-state index contributed by atoms with van der Waals surface area (Å²) in [4.78, 5) is 59.4. The maximum absolute atomic E-state index is 12.6. The molecule has 1 atom stereocenters. The van der Waals surface area contributed by atoms with Crippen molar-refractivity contribution < 1.29 is 33.4 Å². The van der Waals surface area contributed by atoms with Gasteiger partial charge in [-0.2, -0.15) is 0 Å². The number of Topliss-reactive ketones (excluding diaryl/α,β-unsaturated/α-hetero) is 2. The summed E-state index contributed by atoms with van der Waals surface area (Å²) in [6.45, 7) is 11.0. The molecule has 0 aromatic rings. The molecular weight excluding hydrogens is 404 g/mol.